The first-order chi connectivity index (χ1) is 12.3. The van der Waals surface area contributed by atoms with Gasteiger partial charge in [-0.25, -0.2) is 0 Å². The van der Waals surface area contributed by atoms with Crippen LogP contribution in [0.4, 0.5) is 0 Å². The van der Waals surface area contributed by atoms with Crippen molar-refractivity contribution in [1.82, 2.24) is 18.7 Å². The van der Waals surface area contributed by atoms with Crippen LogP contribution in [0.15, 0.2) is 0 Å². The monoisotopic (exact) mass is 534 g/mol. The summed E-state index contributed by atoms with van der Waals surface area (Å²) in [5.41, 5.74) is 7.66. The van der Waals surface area contributed by atoms with Gasteiger partial charge in [-0.2, -0.15) is 0 Å². The van der Waals surface area contributed by atoms with E-state index in [2.05, 4.69) is 116 Å². The molecule has 0 unspecified atom stereocenters. The Labute approximate surface area is 179 Å². The average Bonchev–Trinajstić information content (AvgIpc) is 2.64. The minimum absolute atomic E-state index is 1.03. The van der Waals surface area contributed by atoms with Gasteiger partial charge in [-0.05, 0) is 0 Å². The van der Waals surface area contributed by atoms with E-state index < -0.39 is 11.6 Å². The predicted octanol–water partition coefficient (Wildman–Crippen LogP) is 4.13. The molecule has 0 spiro atoms. The van der Waals surface area contributed by atoms with Gasteiger partial charge in [0.25, 0.3) is 0 Å². The first kappa shape index (κ1) is 27.3. The molecule has 0 amide bonds. The normalized spacial score (nSPS) is 12.9. The standard InChI is InChI=1S/C18H40N4P2Se2/c1-9-19(10-2)23(25,20(11-3)12-4)17-18-24(26,21(13-5)14-6)22(15-7)16-8/h9-16H2,1-8H3. The minimum atomic E-state index is -1.77. The zero-order valence-electron chi connectivity index (χ0n) is 18.2. The molecule has 8 heteroatoms. The van der Waals surface area contributed by atoms with Crippen molar-refractivity contribution in [2.24, 2.45) is 0 Å². The molecule has 26 heavy (non-hydrogen) atoms. The Hall–Kier alpha value is 1.30. The third-order valence-corrected chi connectivity index (χ3v) is 18.1. The molecule has 0 aromatic carbocycles. The van der Waals surface area contributed by atoms with E-state index in [1.807, 2.05) is 0 Å². The Bertz CT molecular complexity index is 465. The molecule has 4 nitrogen and oxygen atoms in total. The summed E-state index contributed by atoms with van der Waals surface area (Å²) in [6, 6.07) is 0. The second kappa shape index (κ2) is 13.5. The van der Waals surface area contributed by atoms with Crippen LogP contribution in [-0.2, 0) is 0 Å². The molecule has 0 fully saturated rings. The SMILES string of the molecule is CCN(CC)P(=[Se])(C#CP(=[Se])(N(CC)CC)N(CC)CC)N(CC)CC. The summed E-state index contributed by atoms with van der Waals surface area (Å²) in [4.78, 5) is 0. The van der Waals surface area contributed by atoms with Crippen molar-refractivity contribution in [3.05, 3.63) is 0 Å². The van der Waals surface area contributed by atoms with Crippen molar-refractivity contribution in [1.29, 1.82) is 0 Å². The van der Waals surface area contributed by atoms with Crippen LogP contribution in [0.3, 0.4) is 0 Å². The van der Waals surface area contributed by atoms with Crippen LogP contribution in [-0.4, -0.2) is 101 Å². The van der Waals surface area contributed by atoms with E-state index in [0.29, 0.717) is 0 Å². The van der Waals surface area contributed by atoms with Gasteiger partial charge in [0.2, 0.25) is 0 Å². The van der Waals surface area contributed by atoms with Crippen molar-refractivity contribution in [2.45, 2.75) is 55.4 Å². The van der Waals surface area contributed by atoms with Crippen LogP contribution in [0.1, 0.15) is 55.4 Å². The summed E-state index contributed by atoms with van der Waals surface area (Å²) in [5.74, 6) is -3.54. The van der Waals surface area contributed by atoms with Crippen molar-refractivity contribution >= 4 is 41.8 Å². The van der Waals surface area contributed by atoms with E-state index in [-0.39, 0.29) is 0 Å². The first-order valence-electron chi connectivity index (χ1n) is 10.0. The van der Waals surface area contributed by atoms with Crippen molar-refractivity contribution < 1.29 is 0 Å². The maximum atomic E-state index is 3.83. The van der Waals surface area contributed by atoms with Gasteiger partial charge < -0.3 is 0 Å². The van der Waals surface area contributed by atoms with E-state index in [4.69, 9.17) is 0 Å². The van der Waals surface area contributed by atoms with Crippen molar-refractivity contribution in [2.75, 3.05) is 52.4 Å². The Kier molecular flexibility index (Phi) is 14.2. The summed E-state index contributed by atoms with van der Waals surface area (Å²) >= 11 is 7.15. The molecular weight excluding hydrogens is 492 g/mol. The summed E-state index contributed by atoms with van der Waals surface area (Å²) in [7, 11) is 0. The summed E-state index contributed by atoms with van der Waals surface area (Å²) in [6.07, 6.45) is 0. The predicted molar refractivity (Wildman–Crippen MR) is 125 cm³/mol. The third-order valence-electron chi connectivity index (χ3n) is 4.80. The van der Waals surface area contributed by atoms with Crippen molar-refractivity contribution in [3.63, 3.8) is 0 Å². The molecule has 0 aromatic rings. The van der Waals surface area contributed by atoms with Gasteiger partial charge in [0, 0.05) is 0 Å². The maximum absolute atomic E-state index is 3.83. The molecule has 0 bridgehead atoms. The van der Waals surface area contributed by atoms with Gasteiger partial charge in [0.1, 0.15) is 0 Å². The molecule has 0 aliphatic heterocycles. The fraction of sp³-hybridized carbons (Fsp3) is 0.889. The van der Waals surface area contributed by atoms with Crippen LogP contribution in [0.25, 0.3) is 0 Å². The second-order valence-corrected chi connectivity index (χ2v) is 17.2. The molecule has 0 aliphatic carbocycles. The van der Waals surface area contributed by atoms with Crippen LogP contribution in [0, 0.1) is 11.3 Å². The summed E-state index contributed by atoms with van der Waals surface area (Å²) < 4.78 is 10.2. The van der Waals surface area contributed by atoms with Gasteiger partial charge in [0.15, 0.2) is 0 Å². The fourth-order valence-corrected chi connectivity index (χ4v) is 15.9. The van der Waals surface area contributed by atoms with E-state index in [0.717, 1.165) is 52.4 Å². The summed E-state index contributed by atoms with van der Waals surface area (Å²) in [5, 5.41) is 0. The summed E-state index contributed by atoms with van der Waals surface area (Å²) in [6.45, 7) is 26.2. The van der Waals surface area contributed by atoms with Crippen LogP contribution in [0.2, 0.25) is 0 Å². The zero-order valence-corrected chi connectivity index (χ0v) is 23.4. The second-order valence-electron chi connectivity index (χ2n) is 5.87. The quantitative estimate of drug-likeness (QED) is 0.213. The number of nitrogens with zero attached hydrogens (tertiary/aromatic N) is 4. The molecular formula is C18H40N4P2Se2. The van der Waals surface area contributed by atoms with Crippen molar-refractivity contribution in [3.8, 4) is 11.3 Å². The van der Waals surface area contributed by atoms with Gasteiger partial charge in [-0.3, -0.25) is 0 Å². The molecule has 0 rings (SSSR count). The number of hydrogen-bond acceptors (Lipinski definition) is 4. The Morgan fingerprint density at radius 1 is 0.462 bits per heavy atom. The molecule has 0 heterocycles. The Morgan fingerprint density at radius 3 is 0.731 bits per heavy atom. The molecule has 0 radical (unpaired) electrons. The van der Waals surface area contributed by atoms with Crippen LogP contribution >= 0.6 is 11.6 Å². The topological polar surface area (TPSA) is 13.0 Å². The average molecular weight is 532 g/mol. The van der Waals surface area contributed by atoms with Crippen LogP contribution < -0.4 is 0 Å². The van der Waals surface area contributed by atoms with Gasteiger partial charge in [0.05, 0.1) is 0 Å². The molecule has 0 saturated heterocycles. The zero-order chi connectivity index (χ0) is 20.4. The van der Waals surface area contributed by atoms with Gasteiger partial charge in [-0.1, -0.05) is 0 Å². The van der Waals surface area contributed by atoms with E-state index >= 15 is 0 Å². The van der Waals surface area contributed by atoms with Crippen LogP contribution in [0.5, 0.6) is 0 Å². The number of hydrogen-bond donors (Lipinski definition) is 0. The van der Waals surface area contributed by atoms with E-state index in [1.54, 1.807) is 0 Å². The third kappa shape index (κ3) is 6.40. The molecule has 154 valence electrons. The van der Waals surface area contributed by atoms with Gasteiger partial charge >= 0.3 is 180 Å². The van der Waals surface area contributed by atoms with E-state index in [1.165, 1.54) is 0 Å². The molecule has 0 aliphatic rings. The first-order valence-corrected chi connectivity index (χ1v) is 17.9. The Morgan fingerprint density at radius 2 is 0.615 bits per heavy atom. The van der Waals surface area contributed by atoms with Gasteiger partial charge in [-0.15, -0.1) is 0 Å². The molecule has 0 atom stereocenters. The fourth-order valence-electron chi connectivity index (χ4n) is 3.20. The molecule has 0 N–H and O–H groups in total. The number of rotatable bonds is 12. The Balaban J connectivity index is 6.40. The molecule has 0 saturated carbocycles. The molecule has 0 aromatic heterocycles. The van der Waals surface area contributed by atoms with E-state index in [9.17, 15) is 0 Å².